The number of nitrogens with zero attached hydrogens (tertiary/aromatic N) is 2. The average Bonchev–Trinajstić information content (AvgIpc) is 3.25. The lowest BCUT2D eigenvalue weighted by Crippen LogP contribution is -2.47. The summed E-state index contributed by atoms with van der Waals surface area (Å²) in [5.74, 6) is 3.26. The molecule has 31 heavy (non-hydrogen) atoms. The first-order valence-corrected chi connectivity index (χ1v) is 10.3. The first-order valence-electron chi connectivity index (χ1n) is 10.3. The van der Waals surface area contributed by atoms with Crippen molar-refractivity contribution in [3.8, 4) is 17.2 Å². The standard InChI is InChI=1S/C23H32N4O3.HI/c1-17(30-20-9-7-8-19(14-20)28-3)15-25-23(24-2)26-18-12-13-27(16-18)21-10-5-6-11-22(21)29-4;/h5-11,14,17-18H,12-13,15-16H2,1-4H3,(H2,24,25,26);1H. The molecular weight excluding hydrogens is 507 g/mol. The number of methoxy groups -OCH3 is 2. The Morgan fingerprint density at radius 1 is 1.13 bits per heavy atom. The van der Waals surface area contributed by atoms with Gasteiger partial charge in [-0.1, -0.05) is 18.2 Å². The van der Waals surface area contributed by atoms with Crippen LogP contribution < -0.4 is 29.7 Å². The number of aliphatic imine (C=N–C) groups is 1. The molecule has 0 bridgehead atoms. The molecule has 2 atom stereocenters. The highest BCUT2D eigenvalue weighted by Crippen LogP contribution is 2.30. The molecular formula is C23H33IN4O3. The van der Waals surface area contributed by atoms with Crippen LogP contribution in [0.25, 0.3) is 0 Å². The van der Waals surface area contributed by atoms with E-state index in [0.717, 1.165) is 48.4 Å². The van der Waals surface area contributed by atoms with Gasteiger partial charge < -0.3 is 29.7 Å². The molecule has 0 aromatic heterocycles. The van der Waals surface area contributed by atoms with Crippen molar-refractivity contribution in [3.63, 3.8) is 0 Å². The van der Waals surface area contributed by atoms with Gasteiger partial charge in [-0.05, 0) is 37.6 Å². The summed E-state index contributed by atoms with van der Waals surface area (Å²) in [6, 6.07) is 16.1. The number of hydrogen-bond acceptors (Lipinski definition) is 5. The van der Waals surface area contributed by atoms with E-state index < -0.39 is 0 Å². The molecule has 1 aliphatic rings. The fourth-order valence-electron chi connectivity index (χ4n) is 3.56. The molecule has 2 aromatic rings. The number of benzene rings is 2. The van der Waals surface area contributed by atoms with Gasteiger partial charge in [0.25, 0.3) is 0 Å². The van der Waals surface area contributed by atoms with Gasteiger partial charge in [0.05, 0.1) is 26.5 Å². The number of rotatable bonds is 8. The van der Waals surface area contributed by atoms with Gasteiger partial charge in [-0.3, -0.25) is 4.99 Å². The topological polar surface area (TPSA) is 67.4 Å². The van der Waals surface area contributed by atoms with Gasteiger partial charge in [0, 0.05) is 32.2 Å². The number of nitrogens with one attached hydrogen (secondary N) is 2. The highest BCUT2D eigenvalue weighted by molar-refractivity contribution is 14.0. The molecule has 3 rings (SSSR count). The molecule has 2 N–H and O–H groups in total. The van der Waals surface area contributed by atoms with Gasteiger partial charge >= 0.3 is 0 Å². The summed E-state index contributed by atoms with van der Waals surface area (Å²) in [5.41, 5.74) is 1.13. The van der Waals surface area contributed by atoms with Gasteiger partial charge in [0.1, 0.15) is 23.4 Å². The minimum atomic E-state index is -0.0238. The van der Waals surface area contributed by atoms with Crippen LogP contribution in [0.4, 0.5) is 5.69 Å². The van der Waals surface area contributed by atoms with E-state index in [0.29, 0.717) is 12.6 Å². The van der Waals surface area contributed by atoms with E-state index in [4.69, 9.17) is 14.2 Å². The number of para-hydroxylation sites is 2. The van der Waals surface area contributed by atoms with Crippen LogP contribution in [0, 0.1) is 0 Å². The van der Waals surface area contributed by atoms with Crippen molar-refractivity contribution in [2.45, 2.75) is 25.5 Å². The molecule has 1 fully saturated rings. The Kier molecular flexibility index (Phi) is 10.0. The lowest BCUT2D eigenvalue weighted by Gasteiger charge is -2.23. The van der Waals surface area contributed by atoms with Crippen molar-refractivity contribution in [3.05, 3.63) is 48.5 Å². The Morgan fingerprint density at radius 2 is 1.90 bits per heavy atom. The highest BCUT2D eigenvalue weighted by Gasteiger charge is 2.25. The number of anilines is 1. The average molecular weight is 540 g/mol. The number of guanidine groups is 1. The van der Waals surface area contributed by atoms with Crippen molar-refractivity contribution >= 4 is 35.6 Å². The van der Waals surface area contributed by atoms with Crippen molar-refractivity contribution in [2.24, 2.45) is 4.99 Å². The first kappa shape index (κ1) is 24.9. The van der Waals surface area contributed by atoms with Gasteiger partial charge in [-0.15, -0.1) is 24.0 Å². The van der Waals surface area contributed by atoms with Crippen LogP contribution in [0.5, 0.6) is 17.2 Å². The van der Waals surface area contributed by atoms with Crippen molar-refractivity contribution in [1.29, 1.82) is 0 Å². The molecule has 0 aliphatic carbocycles. The zero-order valence-electron chi connectivity index (χ0n) is 18.6. The number of hydrogen-bond donors (Lipinski definition) is 2. The third kappa shape index (κ3) is 7.09. The molecule has 0 radical (unpaired) electrons. The second-order valence-electron chi connectivity index (χ2n) is 7.31. The fraction of sp³-hybridized carbons (Fsp3) is 0.435. The maximum Gasteiger partial charge on any atom is 0.191 e. The molecule has 1 heterocycles. The maximum absolute atomic E-state index is 5.97. The van der Waals surface area contributed by atoms with E-state index in [-0.39, 0.29) is 30.1 Å². The van der Waals surface area contributed by atoms with E-state index in [2.05, 4.69) is 26.6 Å². The van der Waals surface area contributed by atoms with E-state index in [1.807, 2.05) is 49.4 Å². The molecule has 8 heteroatoms. The molecule has 0 amide bonds. The van der Waals surface area contributed by atoms with Crippen LogP contribution in [0.1, 0.15) is 13.3 Å². The van der Waals surface area contributed by atoms with E-state index in [1.165, 1.54) is 0 Å². The molecule has 0 spiro atoms. The zero-order valence-corrected chi connectivity index (χ0v) is 21.0. The first-order chi connectivity index (χ1) is 14.6. The number of ether oxygens (including phenoxy) is 3. The Morgan fingerprint density at radius 3 is 2.65 bits per heavy atom. The summed E-state index contributed by atoms with van der Waals surface area (Å²) in [5, 5.41) is 6.88. The number of halogens is 1. The van der Waals surface area contributed by atoms with Gasteiger partial charge in [-0.25, -0.2) is 0 Å². The van der Waals surface area contributed by atoms with Crippen LogP contribution in [0.15, 0.2) is 53.5 Å². The second kappa shape index (κ2) is 12.5. The molecule has 2 aromatic carbocycles. The third-order valence-electron chi connectivity index (χ3n) is 5.11. The Balaban J connectivity index is 0.00000341. The predicted molar refractivity (Wildman–Crippen MR) is 137 cm³/mol. The summed E-state index contributed by atoms with van der Waals surface area (Å²) in [6.07, 6.45) is 1.01. The van der Waals surface area contributed by atoms with E-state index >= 15 is 0 Å². The fourth-order valence-corrected chi connectivity index (χ4v) is 3.56. The van der Waals surface area contributed by atoms with Gasteiger partial charge in [0.2, 0.25) is 0 Å². The second-order valence-corrected chi connectivity index (χ2v) is 7.31. The molecule has 7 nitrogen and oxygen atoms in total. The van der Waals surface area contributed by atoms with Crippen molar-refractivity contribution in [2.75, 3.05) is 45.8 Å². The van der Waals surface area contributed by atoms with Crippen LogP contribution in [0.2, 0.25) is 0 Å². The SMILES string of the molecule is CN=C(NCC(C)Oc1cccc(OC)c1)NC1CCN(c2ccccc2OC)C1.I. The molecule has 170 valence electrons. The molecule has 1 saturated heterocycles. The molecule has 2 unspecified atom stereocenters. The maximum atomic E-state index is 5.97. The van der Waals surface area contributed by atoms with E-state index in [1.54, 1.807) is 21.3 Å². The summed E-state index contributed by atoms with van der Waals surface area (Å²) in [7, 11) is 5.15. The normalized spacial score (nSPS) is 16.8. The minimum absolute atomic E-state index is 0. The zero-order chi connectivity index (χ0) is 21.3. The van der Waals surface area contributed by atoms with Crippen LogP contribution in [0.3, 0.4) is 0 Å². The smallest absolute Gasteiger partial charge is 0.191 e. The minimum Gasteiger partial charge on any atom is -0.497 e. The summed E-state index contributed by atoms with van der Waals surface area (Å²) in [6.45, 7) is 4.54. The quantitative estimate of drug-likeness (QED) is 0.304. The monoisotopic (exact) mass is 540 g/mol. The van der Waals surface area contributed by atoms with Crippen molar-refractivity contribution in [1.82, 2.24) is 10.6 Å². The Labute approximate surface area is 202 Å². The highest BCUT2D eigenvalue weighted by atomic mass is 127. The van der Waals surface area contributed by atoms with Crippen LogP contribution in [-0.4, -0.2) is 59.0 Å². The molecule has 0 saturated carbocycles. The van der Waals surface area contributed by atoms with Crippen LogP contribution >= 0.6 is 24.0 Å². The van der Waals surface area contributed by atoms with Gasteiger partial charge in [0.15, 0.2) is 5.96 Å². The summed E-state index contributed by atoms with van der Waals surface area (Å²) >= 11 is 0. The lowest BCUT2D eigenvalue weighted by molar-refractivity contribution is 0.223. The lowest BCUT2D eigenvalue weighted by atomic mass is 10.2. The van der Waals surface area contributed by atoms with Crippen molar-refractivity contribution < 1.29 is 14.2 Å². The molecule has 1 aliphatic heterocycles. The Bertz CT molecular complexity index is 849. The summed E-state index contributed by atoms with van der Waals surface area (Å²) in [4.78, 5) is 6.71. The van der Waals surface area contributed by atoms with E-state index in [9.17, 15) is 0 Å². The summed E-state index contributed by atoms with van der Waals surface area (Å²) < 4.78 is 16.7. The van der Waals surface area contributed by atoms with Gasteiger partial charge in [-0.2, -0.15) is 0 Å². The largest absolute Gasteiger partial charge is 0.497 e. The van der Waals surface area contributed by atoms with Crippen LogP contribution in [-0.2, 0) is 0 Å². The predicted octanol–water partition coefficient (Wildman–Crippen LogP) is 3.53. The third-order valence-corrected chi connectivity index (χ3v) is 5.11. The Hall–Kier alpha value is -2.36.